The van der Waals surface area contributed by atoms with Crippen molar-refractivity contribution in [1.82, 2.24) is 0 Å². The van der Waals surface area contributed by atoms with Gasteiger partial charge >= 0.3 is 0 Å². The Labute approximate surface area is 97.6 Å². The molecule has 2 aliphatic rings. The van der Waals surface area contributed by atoms with Gasteiger partial charge in [-0.15, -0.1) is 0 Å². The summed E-state index contributed by atoms with van der Waals surface area (Å²) >= 11 is 0. The van der Waals surface area contributed by atoms with Crippen molar-refractivity contribution in [2.24, 2.45) is 0 Å². The molecule has 1 unspecified atom stereocenters. The Morgan fingerprint density at radius 1 is 1.19 bits per heavy atom. The van der Waals surface area contributed by atoms with Crippen molar-refractivity contribution in [3.8, 4) is 11.5 Å². The first-order valence-electron chi connectivity index (χ1n) is 5.99. The molecule has 0 aromatic heterocycles. The Hall–Kier alpha value is -0.963. The summed E-state index contributed by atoms with van der Waals surface area (Å²) in [6.07, 6.45) is 2.51. The van der Waals surface area contributed by atoms with Crippen LogP contribution in [-0.4, -0.2) is 14.9 Å². The standard InChI is InChI=1S/C13H18O2Si/c1-16(2,3)11-7-5-9-4-6-10-13(12(9)11)15-8-14-10/h4,6,11H,5,7-8H2,1-3H3. The van der Waals surface area contributed by atoms with Crippen molar-refractivity contribution in [1.29, 1.82) is 0 Å². The highest BCUT2D eigenvalue weighted by molar-refractivity contribution is 6.77. The molecule has 1 aromatic carbocycles. The summed E-state index contributed by atoms with van der Waals surface area (Å²) in [5.41, 5.74) is 3.69. The minimum absolute atomic E-state index is 0.393. The van der Waals surface area contributed by atoms with Crippen LogP contribution in [0.1, 0.15) is 23.1 Å². The molecule has 3 heteroatoms. The fourth-order valence-corrected chi connectivity index (χ4v) is 5.14. The van der Waals surface area contributed by atoms with E-state index in [1.165, 1.54) is 24.0 Å². The summed E-state index contributed by atoms with van der Waals surface area (Å²) in [6.45, 7) is 7.73. The van der Waals surface area contributed by atoms with Gasteiger partial charge in [0.25, 0.3) is 0 Å². The summed E-state index contributed by atoms with van der Waals surface area (Å²) in [4.78, 5) is 0. The second kappa shape index (κ2) is 3.26. The molecular weight excluding hydrogens is 216 g/mol. The SMILES string of the molecule is C[Si](C)(C)C1CCc2ccc3c(c21)OCO3. The number of hydrogen-bond acceptors (Lipinski definition) is 2. The average Bonchev–Trinajstić information content (AvgIpc) is 2.81. The maximum absolute atomic E-state index is 5.67. The van der Waals surface area contributed by atoms with E-state index in [0.717, 1.165) is 17.0 Å². The van der Waals surface area contributed by atoms with Gasteiger partial charge < -0.3 is 9.47 Å². The van der Waals surface area contributed by atoms with E-state index in [2.05, 4.69) is 31.8 Å². The van der Waals surface area contributed by atoms with Crippen molar-refractivity contribution in [3.05, 3.63) is 23.3 Å². The molecule has 0 N–H and O–H groups in total. The highest BCUT2D eigenvalue weighted by Gasteiger charge is 2.38. The van der Waals surface area contributed by atoms with Crippen LogP contribution in [0.15, 0.2) is 12.1 Å². The lowest BCUT2D eigenvalue weighted by molar-refractivity contribution is 0.173. The zero-order valence-corrected chi connectivity index (χ0v) is 11.2. The number of rotatable bonds is 1. The third kappa shape index (κ3) is 1.38. The molecule has 1 aromatic rings. The van der Waals surface area contributed by atoms with Gasteiger partial charge in [0.05, 0.1) is 8.07 Å². The fraction of sp³-hybridized carbons (Fsp3) is 0.538. The van der Waals surface area contributed by atoms with Gasteiger partial charge in [0.15, 0.2) is 11.5 Å². The summed E-state index contributed by atoms with van der Waals surface area (Å²) in [7, 11) is -1.15. The van der Waals surface area contributed by atoms with E-state index >= 15 is 0 Å². The summed E-state index contributed by atoms with van der Waals surface area (Å²) in [5, 5.41) is 0. The lowest BCUT2D eigenvalue weighted by atomic mass is 10.1. The Morgan fingerprint density at radius 3 is 2.75 bits per heavy atom. The molecule has 2 nitrogen and oxygen atoms in total. The van der Waals surface area contributed by atoms with Gasteiger partial charge in [0, 0.05) is 5.56 Å². The van der Waals surface area contributed by atoms with Crippen LogP contribution in [0.25, 0.3) is 0 Å². The maximum Gasteiger partial charge on any atom is 0.231 e. The molecule has 1 aliphatic heterocycles. The third-order valence-corrected chi connectivity index (χ3v) is 6.43. The predicted molar refractivity (Wildman–Crippen MR) is 67.0 cm³/mol. The van der Waals surface area contributed by atoms with Crippen LogP contribution < -0.4 is 9.47 Å². The van der Waals surface area contributed by atoms with Crippen LogP contribution >= 0.6 is 0 Å². The Bertz CT molecular complexity index is 434. The van der Waals surface area contributed by atoms with Crippen molar-refractivity contribution in [2.45, 2.75) is 38.0 Å². The van der Waals surface area contributed by atoms with E-state index in [1.54, 1.807) is 0 Å². The number of aryl methyl sites for hydroxylation is 1. The van der Waals surface area contributed by atoms with Crippen LogP contribution in [-0.2, 0) is 6.42 Å². The molecule has 3 rings (SSSR count). The van der Waals surface area contributed by atoms with E-state index in [4.69, 9.17) is 9.47 Å². The molecule has 1 aliphatic carbocycles. The van der Waals surface area contributed by atoms with Crippen molar-refractivity contribution in [3.63, 3.8) is 0 Å². The van der Waals surface area contributed by atoms with Crippen LogP contribution in [0.2, 0.25) is 19.6 Å². The van der Waals surface area contributed by atoms with Crippen molar-refractivity contribution >= 4 is 8.07 Å². The van der Waals surface area contributed by atoms with Crippen LogP contribution in [0.4, 0.5) is 0 Å². The fourth-order valence-electron chi connectivity index (χ4n) is 2.94. The molecule has 0 spiro atoms. The van der Waals surface area contributed by atoms with Gasteiger partial charge in [-0.3, -0.25) is 0 Å². The second-order valence-electron chi connectivity index (χ2n) is 5.83. The van der Waals surface area contributed by atoms with Gasteiger partial charge in [-0.1, -0.05) is 25.7 Å². The zero-order valence-electron chi connectivity index (χ0n) is 10.2. The Kier molecular flexibility index (Phi) is 2.08. The Morgan fingerprint density at radius 2 is 2.00 bits per heavy atom. The molecule has 0 fully saturated rings. The van der Waals surface area contributed by atoms with E-state index in [1.807, 2.05) is 0 Å². The quantitative estimate of drug-likeness (QED) is 0.694. The maximum atomic E-state index is 5.67. The first-order valence-corrected chi connectivity index (χ1v) is 9.56. The lowest BCUT2D eigenvalue weighted by Gasteiger charge is -2.26. The number of benzene rings is 1. The highest BCUT2D eigenvalue weighted by Crippen LogP contribution is 2.49. The smallest absolute Gasteiger partial charge is 0.231 e. The molecule has 0 saturated heterocycles. The Balaban J connectivity index is 2.14. The monoisotopic (exact) mass is 234 g/mol. The summed E-state index contributed by atoms with van der Waals surface area (Å²) < 4.78 is 11.1. The minimum Gasteiger partial charge on any atom is -0.454 e. The molecule has 0 saturated carbocycles. The molecule has 1 atom stereocenters. The average molecular weight is 234 g/mol. The van der Waals surface area contributed by atoms with E-state index < -0.39 is 8.07 Å². The van der Waals surface area contributed by atoms with Gasteiger partial charge in [0.1, 0.15) is 0 Å². The molecule has 0 radical (unpaired) electrons. The highest BCUT2D eigenvalue weighted by atomic mass is 28.3. The molecular formula is C13H18O2Si. The van der Waals surface area contributed by atoms with Gasteiger partial charge in [-0.05, 0) is 30.0 Å². The normalized spacial score (nSPS) is 22.3. The van der Waals surface area contributed by atoms with Gasteiger partial charge in [-0.2, -0.15) is 0 Å². The largest absolute Gasteiger partial charge is 0.454 e. The van der Waals surface area contributed by atoms with Gasteiger partial charge in [-0.25, -0.2) is 0 Å². The molecule has 0 amide bonds. The third-order valence-electron chi connectivity index (χ3n) is 3.76. The number of hydrogen-bond donors (Lipinski definition) is 0. The first-order chi connectivity index (χ1) is 7.57. The predicted octanol–water partition coefficient (Wildman–Crippen LogP) is 3.32. The first kappa shape index (κ1) is 10.2. The molecule has 86 valence electrons. The number of fused-ring (bicyclic) bond motifs is 3. The minimum atomic E-state index is -1.15. The van der Waals surface area contributed by atoms with Crippen LogP contribution in [0.5, 0.6) is 11.5 Å². The topological polar surface area (TPSA) is 18.5 Å². The zero-order chi connectivity index (χ0) is 11.3. The van der Waals surface area contributed by atoms with E-state index in [0.29, 0.717) is 6.79 Å². The second-order valence-corrected chi connectivity index (χ2v) is 11.3. The van der Waals surface area contributed by atoms with E-state index in [9.17, 15) is 0 Å². The number of ether oxygens (including phenoxy) is 2. The van der Waals surface area contributed by atoms with Crippen LogP contribution in [0.3, 0.4) is 0 Å². The molecule has 1 heterocycles. The molecule has 0 bridgehead atoms. The van der Waals surface area contributed by atoms with Crippen molar-refractivity contribution < 1.29 is 9.47 Å². The van der Waals surface area contributed by atoms with Crippen LogP contribution in [0, 0.1) is 0 Å². The summed E-state index contributed by atoms with van der Waals surface area (Å²) in [5.74, 6) is 1.99. The molecule has 16 heavy (non-hydrogen) atoms. The lowest BCUT2D eigenvalue weighted by Crippen LogP contribution is -2.29. The van der Waals surface area contributed by atoms with Gasteiger partial charge in [0.2, 0.25) is 6.79 Å². The van der Waals surface area contributed by atoms with Crippen molar-refractivity contribution in [2.75, 3.05) is 6.79 Å². The summed E-state index contributed by atoms with van der Waals surface area (Å²) in [6, 6.07) is 4.29. The van der Waals surface area contributed by atoms with E-state index in [-0.39, 0.29) is 0 Å².